The smallest absolute Gasteiger partial charge is 0.235 e. The van der Waals surface area contributed by atoms with Gasteiger partial charge in [-0.1, -0.05) is 6.07 Å². The lowest BCUT2D eigenvalue weighted by Crippen LogP contribution is -2.12. The zero-order valence-electron chi connectivity index (χ0n) is 10.6. The molecule has 0 aliphatic carbocycles. The predicted molar refractivity (Wildman–Crippen MR) is 72.1 cm³/mol. The fourth-order valence-electron chi connectivity index (χ4n) is 1.55. The molecule has 0 radical (unpaired) electrons. The maximum atomic E-state index is 11.1. The minimum atomic E-state index is -3.49. The lowest BCUT2D eigenvalue weighted by atomic mass is 10.1. The molecule has 1 atom stereocenters. The Morgan fingerprint density at radius 1 is 1.22 bits per heavy atom. The molecular weight excluding hydrogens is 276 g/mol. The molecule has 6 heteroatoms. The first-order valence-electron chi connectivity index (χ1n) is 5.53. The summed E-state index contributed by atoms with van der Waals surface area (Å²) in [6.45, 7) is 1.60. The highest BCUT2D eigenvalue weighted by Gasteiger charge is 2.17. The van der Waals surface area contributed by atoms with Crippen molar-refractivity contribution in [3.8, 4) is 11.5 Å². The minimum Gasteiger partial charge on any atom is -0.493 e. The number of hydrogen-bond donors (Lipinski definition) is 0. The molecule has 102 valence electrons. The fourth-order valence-corrected chi connectivity index (χ4v) is 2.21. The van der Waals surface area contributed by atoms with Gasteiger partial charge >= 0.3 is 0 Å². The summed E-state index contributed by atoms with van der Waals surface area (Å²) in [5.74, 6) is 1.29. The van der Waals surface area contributed by atoms with E-state index >= 15 is 0 Å². The van der Waals surface area contributed by atoms with Crippen molar-refractivity contribution in [2.75, 3.05) is 14.2 Å². The summed E-state index contributed by atoms with van der Waals surface area (Å²) in [6, 6.07) is 5.52. The van der Waals surface area contributed by atoms with E-state index in [2.05, 4.69) is 0 Å². The number of halogens is 1. The monoisotopic (exact) mass is 292 g/mol. The van der Waals surface area contributed by atoms with Crippen LogP contribution in [0.5, 0.6) is 11.5 Å². The molecule has 0 fully saturated rings. The Kier molecular flexibility index (Phi) is 5.28. The van der Waals surface area contributed by atoms with Crippen LogP contribution < -0.4 is 9.47 Å². The lowest BCUT2D eigenvalue weighted by Gasteiger charge is -2.11. The molecule has 1 aromatic rings. The Balaban J connectivity index is 2.75. The van der Waals surface area contributed by atoms with Crippen molar-refractivity contribution >= 4 is 19.7 Å². The summed E-state index contributed by atoms with van der Waals surface area (Å²) in [5.41, 5.74) is 0.986. The van der Waals surface area contributed by atoms with Gasteiger partial charge in [0.2, 0.25) is 9.05 Å². The molecular formula is C12H17ClO4S. The summed E-state index contributed by atoms with van der Waals surface area (Å²) >= 11 is 0. The number of rotatable bonds is 6. The van der Waals surface area contributed by atoms with Crippen LogP contribution in [0.1, 0.15) is 18.9 Å². The molecule has 0 aliphatic rings. The Morgan fingerprint density at radius 2 is 1.83 bits per heavy atom. The van der Waals surface area contributed by atoms with Gasteiger partial charge < -0.3 is 9.47 Å². The van der Waals surface area contributed by atoms with E-state index in [0.29, 0.717) is 24.3 Å². The number of methoxy groups -OCH3 is 2. The molecule has 0 heterocycles. The van der Waals surface area contributed by atoms with Crippen molar-refractivity contribution in [1.82, 2.24) is 0 Å². The number of benzene rings is 1. The maximum Gasteiger partial charge on any atom is 0.235 e. The van der Waals surface area contributed by atoms with Crippen LogP contribution in [0.4, 0.5) is 0 Å². The number of hydrogen-bond acceptors (Lipinski definition) is 4. The third-order valence-electron chi connectivity index (χ3n) is 2.77. The van der Waals surface area contributed by atoms with Crippen LogP contribution in [-0.4, -0.2) is 27.9 Å². The standard InChI is InChI=1S/C12H17ClO4S/c1-9(18(13,14)15)4-5-10-6-7-11(16-2)12(8-10)17-3/h6-9H,4-5H2,1-3H3. The van der Waals surface area contributed by atoms with Gasteiger partial charge in [0, 0.05) is 10.7 Å². The molecule has 0 aliphatic heterocycles. The van der Waals surface area contributed by atoms with E-state index in [1.807, 2.05) is 12.1 Å². The van der Waals surface area contributed by atoms with E-state index in [4.69, 9.17) is 20.2 Å². The van der Waals surface area contributed by atoms with Gasteiger partial charge in [-0.2, -0.15) is 0 Å². The SMILES string of the molecule is COc1ccc(CCC(C)S(=O)(=O)Cl)cc1OC. The summed E-state index contributed by atoms with van der Waals surface area (Å²) in [6.07, 6.45) is 1.09. The Labute approximate surface area is 112 Å². The molecule has 4 nitrogen and oxygen atoms in total. The van der Waals surface area contributed by atoms with Crippen LogP contribution in [0.3, 0.4) is 0 Å². The van der Waals surface area contributed by atoms with Crippen LogP contribution in [0.2, 0.25) is 0 Å². The quantitative estimate of drug-likeness (QED) is 0.756. The van der Waals surface area contributed by atoms with Crippen LogP contribution in [-0.2, 0) is 15.5 Å². The van der Waals surface area contributed by atoms with Crippen molar-refractivity contribution in [1.29, 1.82) is 0 Å². The van der Waals surface area contributed by atoms with Gasteiger partial charge in [-0.15, -0.1) is 0 Å². The molecule has 0 saturated heterocycles. The van der Waals surface area contributed by atoms with Crippen molar-refractivity contribution in [2.45, 2.75) is 25.0 Å². The molecule has 18 heavy (non-hydrogen) atoms. The predicted octanol–water partition coefficient (Wildman–Crippen LogP) is 2.59. The fraction of sp³-hybridized carbons (Fsp3) is 0.500. The highest BCUT2D eigenvalue weighted by Crippen LogP contribution is 2.28. The molecule has 0 bridgehead atoms. The normalized spacial score (nSPS) is 13.1. The average Bonchev–Trinajstić information content (AvgIpc) is 2.34. The van der Waals surface area contributed by atoms with Gasteiger partial charge in [0.25, 0.3) is 0 Å². The molecule has 1 rings (SSSR count). The summed E-state index contributed by atoms with van der Waals surface area (Å²) in [5, 5.41) is -0.563. The van der Waals surface area contributed by atoms with Crippen LogP contribution in [0.25, 0.3) is 0 Å². The van der Waals surface area contributed by atoms with E-state index in [0.717, 1.165) is 5.56 Å². The van der Waals surface area contributed by atoms with E-state index in [-0.39, 0.29) is 0 Å². The minimum absolute atomic E-state index is 0.474. The first-order valence-corrected chi connectivity index (χ1v) is 7.90. The summed E-state index contributed by atoms with van der Waals surface area (Å²) in [7, 11) is 4.93. The summed E-state index contributed by atoms with van der Waals surface area (Å²) < 4.78 is 32.5. The van der Waals surface area contributed by atoms with Gasteiger partial charge in [0.1, 0.15) is 0 Å². The highest BCUT2D eigenvalue weighted by atomic mass is 35.7. The van der Waals surface area contributed by atoms with Crippen molar-refractivity contribution in [2.24, 2.45) is 0 Å². The molecule has 1 aromatic carbocycles. The second-order valence-corrected chi connectivity index (χ2v) is 7.06. The lowest BCUT2D eigenvalue weighted by molar-refractivity contribution is 0.354. The molecule has 0 N–H and O–H groups in total. The average molecular weight is 293 g/mol. The maximum absolute atomic E-state index is 11.1. The van der Waals surface area contributed by atoms with Crippen molar-refractivity contribution < 1.29 is 17.9 Å². The Morgan fingerprint density at radius 3 is 2.33 bits per heavy atom. The third-order valence-corrected chi connectivity index (χ3v) is 4.88. The van der Waals surface area contributed by atoms with Gasteiger partial charge in [-0.3, -0.25) is 0 Å². The second kappa shape index (κ2) is 6.29. The van der Waals surface area contributed by atoms with Crippen LogP contribution >= 0.6 is 10.7 Å². The van der Waals surface area contributed by atoms with E-state index in [9.17, 15) is 8.42 Å². The number of ether oxygens (including phenoxy) is 2. The Bertz CT molecular complexity index is 499. The third kappa shape index (κ3) is 4.07. The molecule has 0 saturated carbocycles. The van der Waals surface area contributed by atoms with Gasteiger partial charge in [-0.05, 0) is 37.5 Å². The molecule has 0 amide bonds. The van der Waals surface area contributed by atoms with Crippen molar-refractivity contribution in [3.05, 3.63) is 23.8 Å². The first kappa shape index (κ1) is 15.1. The van der Waals surface area contributed by atoms with Crippen LogP contribution in [0, 0.1) is 0 Å². The molecule has 1 unspecified atom stereocenters. The largest absolute Gasteiger partial charge is 0.493 e. The van der Waals surface area contributed by atoms with E-state index in [1.54, 1.807) is 27.2 Å². The van der Waals surface area contributed by atoms with Gasteiger partial charge in [-0.25, -0.2) is 8.42 Å². The van der Waals surface area contributed by atoms with Gasteiger partial charge in [0.15, 0.2) is 11.5 Å². The Hall–Kier alpha value is -0.940. The molecule has 0 aromatic heterocycles. The van der Waals surface area contributed by atoms with Crippen LogP contribution in [0.15, 0.2) is 18.2 Å². The molecule has 0 spiro atoms. The number of aryl methyl sites for hydroxylation is 1. The zero-order valence-corrected chi connectivity index (χ0v) is 12.2. The topological polar surface area (TPSA) is 52.6 Å². The van der Waals surface area contributed by atoms with Crippen molar-refractivity contribution in [3.63, 3.8) is 0 Å². The van der Waals surface area contributed by atoms with E-state index in [1.165, 1.54) is 0 Å². The van der Waals surface area contributed by atoms with E-state index < -0.39 is 14.3 Å². The summed E-state index contributed by atoms with van der Waals surface area (Å²) in [4.78, 5) is 0. The second-order valence-electron chi connectivity index (χ2n) is 4.01. The highest BCUT2D eigenvalue weighted by molar-refractivity contribution is 8.14. The zero-order chi connectivity index (χ0) is 13.8. The van der Waals surface area contributed by atoms with Gasteiger partial charge in [0.05, 0.1) is 19.5 Å². The first-order chi connectivity index (χ1) is 8.38.